The third kappa shape index (κ3) is 12.1. The van der Waals surface area contributed by atoms with Gasteiger partial charge in [0.1, 0.15) is 0 Å². The summed E-state index contributed by atoms with van der Waals surface area (Å²) in [6.45, 7) is 2.09. The number of nitrogens with one attached hydrogen (secondary N) is 2. The van der Waals surface area contributed by atoms with E-state index >= 15 is 0 Å². The van der Waals surface area contributed by atoms with Crippen LogP contribution in [0, 0.1) is 0 Å². The van der Waals surface area contributed by atoms with E-state index in [2.05, 4.69) is 46.0 Å². The van der Waals surface area contributed by atoms with Crippen LogP contribution in [0.2, 0.25) is 0 Å². The van der Waals surface area contributed by atoms with Crippen LogP contribution >= 0.6 is 0 Å². The van der Waals surface area contributed by atoms with Crippen molar-refractivity contribution < 1.29 is 73.9 Å². The number of nitrogens with zero attached hydrogens (tertiary/aromatic N) is 8. The van der Waals surface area contributed by atoms with Gasteiger partial charge in [0.05, 0.1) is 59.4 Å². The summed E-state index contributed by atoms with van der Waals surface area (Å²) in [5.74, 6) is -5.20. The van der Waals surface area contributed by atoms with Gasteiger partial charge in [-0.1, -0.05) is 0 Å². The summed E-state index contributed by atoms with van der Waals surface area (Å²) in [6.07, 6.45) is 0. The number of rotatable bonds is 13. The Bertz CT molecular complexity index is 2090. The van der Waals surface area contributed by atoms with Gasteiger partial charge in [-0.25, -0.2) is 4.79 Å². The van der Waals surface area contributed by atoms with E-state index in [1.165, 1.54) is 6.07 Å². The summed E-state index contributed by atoms with van der Waals surface area (Å²) < 4.78 is 5.47. The van der Waals surface area contributed by atoms with Gasteiger partial charge in [0.15, 0.2) is 0 Å². The van der Waals surface area contributed by atoms with E-state index in [1.54, 1.807) is 48.5 Å². The summed E-state index contributed by atoms with van der Waals surface area (Å²) in [4.78, 5) is 60.8. The number of ether oxygens (including phenoxy) is 1. The number of carbonyl (C=O) groups is 4. The third-order valence-electron chi connectivity index (χ3n) is 7.52. The van der Waals surface area contributed by atoms with Gasteiger partial charge in [-0.05, 0) is 84.9 Å². The summed E-state index contributed by atoms with van der Waals surface area (Å²) in [5, 5.41) is 65.4. The number of carbonyl (C=O) groups excluding carboxylic acids is 3. The first-order valence-electron chi connectivity index (χ1n) is 15.8. The number of hydrogen-bond acceptors (Lipinski definition) is 18. The minimum Gasteiger partial charge on any atom is -0.545 e. The average Bonchev–Trinajstić information content (AvgIpc) is 3.17. The molecule has 6 rings (SSSR count). The Morgan fingerprint density at radius 2 is 0.947 bits per heavy atom. The number of anilines is 5. The summed E-state index contributed by atoms with van der Waals surface area (Å²) >= 11 is 0. The van der Waals surface area contributed by atoms with E-state index in [4.69, 9.17) is 4.74 Å². The van der Waals surface area contributed by atoms with Crippen LogP contribution in [0.15, 0.2) is 105 Å². The molecule has 1 aliphatic rings. The van der Waals surface area contributed by atoms with Crippen molar-refractivity contribution in [1.82, 2.24) is 27.3 Å². The van der Waals surface area contributed by atoms with Crippen molar-refractivity contribution in [3.05, 3.63) is 107 Å². The molecule has 0 amide bonds. The fraction of sp³-hybridized carbons (Fsp3) is 0.114. The van der Waals surface area contributed by atoms with Crippen molar-refractivity contribution in [2.75, 3.05) is 41.8 Å². The van der Waals surface area contributed by atoms with E-state index in [9.17, 15) is 39.6 Å². The maximum atomic E-state index is 11.4. The van der Waals surface area contributed by atoms with Crippen LogP contribution in [-0.4, -0.2) is 70.2 Å². The zero-order valence-electron chi connectivity index (χ0n) is 30.7. The number of hydrogen-bond donors (Lipinski definition) is 5. The van der Waals surface area contributed by atoms with Crippen LogP contribution in [0.1, 0.15) is 41.4 Å². The largest absolute Gasteiger partial charge is 1.00 e. The van der Waals surface area contributed by atoms with Crippen molar-refractivity contribution in [2.45, 2.75) is 0 Å². The standard InChI is InChI=1S/C35H28N10O9.2H3N.Na/c46-29(47)19-13-20(30(48)49)16-27(15-19)43-41-25-5-1-23(2-6-25)36-33-38-34(40-35(39-33)45-9-11-54-12-10-45)37-24-3-7-26(8-4-24)42-44-28-17-21(31(50)51)14-22(18-28)32(52)53;;;/h1-8,13-18H,9-12H2,(H,46,47)(H,48,49)(H,50,51)(H,52,53)(H2,36,37,38,39,40);2*1H3;/q;;;+1/p-1. The first-order chi connectivity index (χ1) is 26.0. The maximum absolute atomic E-state index is 11.4. The molecule has 0 aliphatic carbocycles. The quantitative estimate of drug-likeness (QED) is 0.0804. The Morgan fingerprint density at radius 3 is 1.33 bits per heavy atom. The molecule has 1 aliphatic heterocycles. The van der Waals surface area contributed by atoms with Crippen LogP contribution in [0.3, 0.4) is 0 Å². The van der Waals surface area contributed by atoms with Gasteiger partial charge in [-0.2, -0.15) is 35.4 Å². The molecule has 0 bridgehead atoms. The van der Waals surface area contributed by atoms with Crippen molar-refractivity contribution in [2.24, 2.45) is 20.5 Å². The van der Waals surface area contributed by atoms with Crippen LogP contribution in [-0.2, 0) is 4.74 Å². The summed E-state index contributed by atoms with van der Waals surface area (Å²) in [6, 6.07) is 19.7. The number of carboxylic acid groups (broad SMARTS) is 4. The molecule has 1 fully saturated rings. The predicted octanol–water partition coefficient (Wildman–Crippen LogP) is 0.571. The molecule has 0 saturated carbocycles. The Kier molecular flexibility index (Phi) is 15.9. The zero-order chi connectivity index (χ0) is 38.2. The molecule has 0 radical (unpaired) electrons. The fourth-order valence-electron chi connectivity index (χ4n) is 4.91. The Labute approximate surface area is 345 Å². The minimum absolute atomic E-state index is 0. The van der Waals surface area contributed by atoms with Crippen molar-refractivity contribution in [3.63, 3.8) is 0 Å². The molecule has 5 aromatic rings. The van der Waals surface area contributed by atoms with E-state index in [-0.39, 0.29) is 87.4 Å². The zero-order valence-corrected chi connectivity index (χ0v) is 32.7. The molecule has 22 heteroatoms. The number of azo groups is 2. The number of benzene rings is 4. The SMILES string of the molecule is O=C([O-])c1cc(N=Nc2ccc(Nc3nc(Nc4ccc(N=Nc5cc(C(=O)[O-])cc(C(=O)O)c5)cc4)nc(N4CCOCC4)n3)cc2)cc(C(=O)[O-])c1.[NH4+].[NH4+].[Na+]. The summed E-state index contributed by atoms with van der Waals surface area (Å²) in [7, 11) is 0. The first-order valence-corrected chi connectivity index (χ1v) is 15.8. The Balaban J connectivity index is 0.00000290. The maximum Gasteiger partial charge on any atom is 1.00 e. The van der Waals surface area contributed by atoms with E-state index < -0.39 is 23.9 Å². The number of aromatic nitrogens is 3. The topological polar surface area (TPSA) is 355 Å². The normalized spacial score (nSPS) is 12.2. The molecule has 1 aromatic heterocycles. The molecule has 0 atom stereocenters. The molecular weight excluding hydrogens is 755 g/mol. The van der Waals surface area contributed by atoms with E-state index in [0.29, 0.717) is 55.0 Å². The van der Waals surface area contributed by atoms with Gasteiger partial charge in [0.25, 0.3) is 0 Å². The molecule has 21 nitrogen and oxygen atoms in total. The van der Waals surface area contributed by atoms with Crippen LogP contribution < -0.4 is 72.7 Å². The third-order valence-corrected chi connectivity index (χ3v) is 7.52. The Hall–Kier alpha value is -6.75. The van der Waals surface area contributed by atoms with E-state index in [1.807, 2.05) is 4.90 Å². The first kappa shape index (κ1) is 44.6. The Morgan fingerprint density at radius 1 is 0.579 bits per heavy atom. The molecular formula is C35H33N12NaO9. The van der Waals surface area contributed by atoms with Gasteiger partial charge in [-0.3, -0.25) is 0 Å². The van der Waals surface area contributed by atoms with Gasteiger partial charge < -0.3 is 67.4 Å². The average molecular weight is 789 g/mol. The van der Waals surface area contributed by atoms with Gasteiger partial charge >= 0.3 is 35.5 Å². The molecule has 11 N–H and O–H groups in total. The van der Waals surface area contributed by atoms with Crippen LogP contribution in [0.4, 0.5) is 52.0 Å². The van der Waals surface area contributed by atoms with Crippen molar-refractivity contribution in [1.29, 1.82) is 0 Å². The fourth-order valence-corrected chi connectivity index (χ4v) is 4.91. The smallest absolute Gasteiger partial charge is 0.545 e. The van der Waals surface area contributed by atoms with Crippen LogP contribution in [0.25, 0.3) is 0 Å². The number of carboxylic acids is 4. The second-order valence-corrected chi connectivity index (χ2v) is 11.3. The molecule has 1 saturated heterocycles. The number of morpholine rings is 1. The van der Waals surface area contributed by atoms with E-state index in [0.717, 1.165) is 30.3 Å². The molecule has 57 heavy (non-hydrogen) atoms. The monoisotopic (exact) mass is 788 g/mol. The molecule has 0 unspecified atom stereocenters. The second kappa shape index (κ2) is 20.2. The molecule has 0 spiro atoms. The predicted molar refractivity (Wildman–Crippen MR) is 195 cm³/mol. The molecule has 4 aromatic carbocycles. The summed E-state index contributed by atoms with van der Waals surface area (Å²) in [5.41, 5.74) is 0.539. The van der Waals surface area contributed by atoms with Crippen LogP contribution in [0.5, 0.6) is 0 Å². The number of aromatic carboxylic acids is 4. The molecule has 2 heterocycles. The van der Waals surface area contributed by atoms with Crippen molar-refractivity contribution >= 4 is 75.8 Å². The van der Waals surface area contributed by atoms with Gasteiger partial charge in [-0.15, -0.1) is 0 Å². The second-order valence-electron chi connectivity index (χ2n) is 11.3. The van der Waals surface area contributed by atoms with Crippen molar-refractivity contribution in [3.8, 4) is 0 Å². The van der Waals surface area contributed by atoms with Gasteiger partial charge in [0, 0.05) is 41.2 Å². The minimum atomic E-state index is -1.57. The number of quaternary nitrogens is 2. The van der Waals surface area contributed by atoms with Gasteiger partial charge in [0.2, 0.25) is 17.8 Å². The molecule has 288 valence electrons.